The lowest BCUT2D eigenvalue weighted by atomic mass is 9.96. The molecule has 0 amide bonds. The van der Waals surface area contributed by atoms with Crippen LogP contribution < -0.4 is 0 Å². The van der Waals surface area contributed by atoms with E-state index in [1.165, 1.54) is 6.20 Å². The van der Waals surface area contributed by atoms with E-state index in [4.69, 9.17) is 4.74 Å². The topological polar surface area (TPSA) is 73.3 Å². The number of esters is 1. The summed E-state index contributed by atoms with van der Waals surface area (Å²) < 4.78 is 5.17. The van der Waals surface area contributed by atoms with Crippen molar-refractivity contribution < 1.29 is 19.1 Å². The van der Waals surface area contributed by atoms with Gasteiger partial charge in [0.15, 0.2) is 10.9 Å². The van der Waals surface area contributed by atoms with Gasteiger partial charge in [0.1, 0.15) is 6.61 Å². The van der Waals surface area contributed by atoms with E-state index in [-0.39, 0.29) is 23.4 Å². The van der Waals surface area contributed by atoms with Crippen molar-refractivity contribution in [2.45, 2.75) is 12.8 Å². The van der Waals surface area contributed by atoms with Crippen LogP contribution in [0, 0.1) is 0 Å². The fraction of sp³-hybridized carbons (Fsp3) is 0.167. The summed E-state index contributed by atoms with van der Waals surface area (Å²) in [6.45, 7) is 1.94. The molecule has 2 aromatic carbocycles. The number of benzene rings is 2. The third-order valence-corrected chi connectivity index (χ3v) is 5.51. The van der Waals surface area contributed by atoms with Crippen LogP contribution in [-0.2, 0) is 9.53 Å². The second kappa shape index (κ2) is 10.5. The molecule has 1 aromatic heterocycles. The Kier molecular flexibility index (Phi) is 7.51. The summed E-state index contributed by atoms with van der Waals surface area (Å²) in [5.41, 5.74) is 2.32. The molecule has 0 saturated heterocycles. The molecule has 0 aliphatic heterocycles. The summed E-state index contributed by atoms with van der Waals surface area (Å²) in [5, 5.41) is -0.0447. The predicted molar refractivity (Wildman–Crippen MR) is 117 cm³/mol. The van der Waals surface area contributed by atoms with Crippen LogP contribution in [0.2, 0.25) is 0 Å². The number of nitrogens with zero attached hydrogens (tertiary/aromatic N) is 1. The highest BCUT2D eigenvalue weighted by molar-refractivity contribution is 8.13. The molecule has 0 N–H and O–H groups in total. The Bertz CT molecular complexity index is 1020. The number of aromatic nitrogens is 1. The number of rotatable bonds is 8. The van der Waals surface area contributed by atoms with Crippen LogP contribution in [0.3, 0.4) is 0 Å². The molecular weight excluding hydrogens is 398 g/mol. The SMILES string of the molecule is CC(C(=O)SCCOC(=O)c1cccnc1)c1cccc(C(=O)c2ccccc2)c1. The van der Waals surface area contributed by atoms with Crippen molar-refractivity contribution in [1.29, 1.82) is 0 Å². The molecule has 3 aromatic rings. The molecule has 3 rings (SSSR count). The Labute approximate surface area is 179 Å². The quantitative estimate of drug-likeness (QED) is 0.303. The normalized spacial score (nSPS) is 11.5. The first kappa shape index (κ1) is 21.5. The second-order valence-corrected chi connectivity index (χ2v) is 7.69. The molecule has 0 radical (unpaired) electrons. The number of carbonyl (C=O) groups is 3. The van der Waals surface area contributed by atoms with Crippen molar-refractivity contribution in [1.82, 2.24) is 4.98 Å². The number of ketones is 1. The number of hydrogen-bond donors (Lipinski definition) is 0. The third-order valence-electron chi connectivity index (χ3n) is 4.50. The second-order valence-electron chi connectivity index (χ2n) is 6.59. The molecule has 30 heavy (non-hydrogen) atoms. The summed E-state index contributed by atoms with van der Waals surface area (Å²) in [5.74, 6) is -0.561. The maximum atomic E-state index is 12.6. The smallest absolute Gasteiger partial charge is 0.339 e. The van der Waals surface area contributed by atoms with Gasteiger partial charge in [-0.3, -0.25) is 14.6 Å². The number of hydrogen-bond acceptors (Lipinski definition) is 6. The standard InChI is InChI=1S/C24H21NO4S/c1-17(24(28)30-14-13-29-23(27)21-11-6-12-25-16-21)19-9-5-10-20(15-19)22(26)18-7-3-2-4-8-18/h2-12,15-17H,13-14H2,1H3. The molecule has 0 aliphatic carbocycles. The molecule has 0 saturated carbocycles. The first-order chi connectivity index (χ1) is 14.6. The molecule has 0 fully saturated rings. The summed E-state index contributed by atoms with van der Waals surface area (Å²) in [4.78, 5) is 40.9. The van der Waals surface area contributed by atoms with Crippen LogP contribution in [0.25, 0.3) is 0 Å². The van der Waals surface area contributed by atoms with Gasteiger partial charge in [-0.05, 0) is 23.8 Å². The Morgan fingerprint density at radius 1 is 0.933 bits per heavy atom. The van der Waals surface area contributed by atoms with E-state index in [9.17, 15) is 14.4 Å². The highest BCUT2D eigenvalue weighted by atomic mass is 32.2. The van der Waals surface area contributed by atoms with E-state index in [1.807, 2.05) is 31.2 Å². The fourth-order valence-corrected chi connectivity index (χ4v) is 3.56. The van der Waals surface area contributed by atoms with Crippen LogP contribution in [0.5, 0.6) is 0 Å². The van der Waals surface area contributed by atoms with E-state index in [0.29, 0.717) is 22.4 Å². The van der Waals surface area contributed by atoms with Crippen molar-refractivity contribution in [3.8, 4) is 0 Å². The van der Waals surface area contributed by atoms with Crippen molar-refractivity contribution in [3.63, 3.8) is 0 Å². The molecule has 0 aliphatic rings. The highest BCUT2D eigenvalue weighted by Gasteiger charge is 2.18. The predicted octanol–water partition coefficient (Wildman–Crippen LogP) is 4.53. The van der Waals surface area contributed by atoms with Gasteiger partial charge in [0, 0.05) is 29.3 Å². The highest BCUT2D eigenvalue weighted by Crippen LogP contribution is 2.24. The van der Waals surface area contributed by atoms with Gasteiger partial charge in [0.25, 0.3) is 0 Å². The minimum Gasteiger partial charge on any atom is -0.461 e. The average molecular weight is 420 g/mol. The van der Waals surface area contributed by atoms with Gasteiger partial charge in [-0.25, -0.2) is 4.79 Å². The zero-order valence-corrected chi connectivity index (χ0v) is 17.3. The number of pyridine rings is 1. The molecule has 1 atom stereocenters. The molecule has 1 heterocycles. The van der Waals surface area contributed by atoms with Crippen LogP contribution in [0.4, 0.5) is 0 Å². The van der Waals surface area contributed by atoms with Crippen LogP contribution in [0.15, 0.2) is 79.1 Å². The maximum Gasteiger partial charge on any atom is 0.339 e. The first-order valence-corrected chi connectivity index (χ1v) is 10.5. The molecule has 0 bridgehead atoms. The van der Waals surface area contributed by atoms with Gasteiger partial charge in [0.05, 0.1) is 11.5 Å². The van der Waals surface area contributed by atoms with Gasteiger partial charge in [-0.15, -0.1) is 0 Å². The third kappa shape index (κ3) is 5.64. The average Bonchev–Trinajstić information content (AvgIpc) is 2.81. The van der Waals surface area contributed by atoms with Crippen molar-refractivity contribution in [2.75, 3.05) is 12.4 Å². The van der Waals surface area contributed by atoms with E-state index in [0.717, 1.165) is 17.3 Å². The summed E-state index contributed by atoms with van der Waals surface area (Å²) in [6, 6.07) is 19.5. The van der Waals surface area contributed by atoms with Gasteiger partial charge < -0.3 is 4.74 Å². The zero-order valence-electron chi connectivity index (χ0n) is 16.5. The van der Waals surface area contributed by atoms with Gasteiger partial charge in [0.2, 0.25) is 0 Å². The molecule has 1 unspecified atom stereocenters. The molecule has 152 valence electrons. The van der Waals surface area contributed by atoms with Gasteiger partial charge >= 0.3 is 5.97 Å². The van der Waals surface area contributed by atoms with Gasteiger partial charge in [-0.2, -0.15) is 0 Å². The summed E-state index contributed by atoms with van der Waals surface area (Å²) in [7, 11) is 0. The zero-order chi connectivity index (χ0) is 21.3. The summed E-state index contributed by atoms with van der Waals surface area (Å²) in [6.07, 6.45) is 3.02. The molecule has 0 spiro atoms. The van der Waals surface area contributed by atoms with Crippen LogP contribution in [-0.4, -0.2) is 34.2 Å². The maximum absolute atomic E-state index is 12.6. The van der Waals surface area contributed by atoms with E-state index in [2.05, 4.69) is 4.98 Å². The van der Waals surface area contributed by atoms with Crippen molar-refractivity contribution in [2.24, 2.45) is 0 Å². The van der Waals surface area contributed by atoms with E-state index < -0.39 is 5.97 Å². The molecular formula is C24H21NO4S. The monoisotopic (exact) mass is 419 g/mol. The summed E-state index contributed by atoms with van der Waals surface area (Å²) >= 11 is 1.11. The van der Waals surface area contributed by atoms with Crippen LogP contribution in [0.1, 0.15) is 44.7 Å². The first-order valence-electron chi connectivity index (χ1n) is 9.50. The van der Waals surface area contributed by atoms with E-state index >= 15 is 0 Å². The lowest BCUT2D eigenvalue weighted by molar-refractivity contribution is -0.111. The minimum atomic E-state index is -0.462. The number of thioether (sulfide) groups is 1. The Morgan fingerprint density at radius 2 is 1.67 bits per heavy atom. The fourth-order valence-electron chi connectivity index (χ4n) is 2.81. The Morgan fingerprint density at radius 3 is 2.40 bits per heavy atom. The van der Waals surface area contributed by atoms with Gasteiger partial charge in [-0.1, -0.05) is 67.2 Å². The Hall–Kier alpha value is -3.25. The van der Waals surface area contributed by atoms with E-state index in [1.54, 1.807) is 48.7 Å². The molecule has 5 nitrogen and oxygen atoms in total. The molecule has 6 heteroatoms. The lowest BCUT2D eigenvalue weighted by Crippen LogP contribution is -2.11. The minimum absolute atomic E-state index is 0.0447. The van der Waals surface area contributed by atoms with Crippen molar-refractivity contribution >= 4 is 28.6 Å². The largest absolute Gasteiger partial charge is 0.461 e. The number of carbonyl (C=O) groups excluding carboxylic acids is 3. The number of ether oxygens (including phenoxy) is 1. The lowest BCUT2D eigenvalue weighted by Gasteiger charge is -2.12. The van der Waals surface area contributed by atoms with Crippen LogP contribution >= 0.6 is 11.8 Å². The van der Waals surface area contributed by atoms with Crippen molar-refractivity contribution in [3.05, 3.63) is 101 Å². The Balaban J connectivity index is 1.53.